The normalized spacial score (nSPS) is 19.6. The number of amides is 1. The second-order valence-corrected chi connectivity index (χ2v) is 4.43. The third kappa shape index (κ3) is 2.28. The van der Waals surface area contributed by atoms with E-state index in [9.17, 15) is 9.59 Å². The Bertz CT molecular complexity index is 615. The van der Waals surface area contributed by atoms with Crippen LogP contribution in [0, 0.1) is 0 Å². The van der Waals surface area contributed by atoms with Crippen molar-refractivity contribution in [3.63, 3.8) is 0 Å². The summed E-state index contributed by atoms with van der Waals surface area (Å²) in [6.07, 6.45) is 3.02. The zero-order valence-corrected chi connectivity index (χ0v) is 10.0. The van der Waals surface area contributed by atoms with Crippen molar-refractivity contribution in [2.45, 2.75) is 18.8 Å². The zero-order chi connectivity index (χ0) is 13.2. The van der Waals surface area contributed by atoms with Gasteiger partial charge >= 0.3 is 5.76 Å². The Morgan fingerprint density at radius 3 is 3.11 bits per heavy atom. The molecule has 0 spiro atoms. The van der Waals surface area contributed by atoms with Gasteiger partial charge in [0.05, 0.1) is 5.92 Å². The number of H-pyrrole nitrogens is 1. The van der Waals surface area contributed by atoms with Gasteiger partial charge in [-0.2, -0.15) is 0 Å². The quantitative estimate of drug-likeness (QED) is 0.840. The predicted octanol–water partition coefficient (Wildman–Crippen LogP) is 0.371. The molecule has 8 heteroatoms. The molecule has 1 amide bonds. The maximum absolute atomic E-state index is 12.1. The molecule has 1 saturated heterocycles. The molecule has 1 atom stereocenters. The molecule has 3 rings (SSSR count). The van der Waals surface area contributed by atoms with E-state index in [2.05, 4.69) is 19.9 Å². The van der Waals surface area contributed by atoms with E-state index in [1.807, 2.05) is 0 Å². The first-order chi connectivity index (χ1) is 9.24. The summed E-state index contributed by atoms with van der Waals surface area (Å²) < 4.78 is 9.61. The van der Waals surface area contributed by atoms with Gasteiger partial charge in [0.1, 0.15) is 6.26 Å². The molecule has 1 fully saturated rings. The summed E-state index contributed by atoms with van der Waals surface area (Å²) in [6, 6.07) is 1.53. The van der Waals surface area contributed by atoms with Gasteiger partial charge in [0.15, 0.2) is 5.69 Å². The lowest BCUT2D eigenvalue weighted by molar-refractivity contribution is 0.0687. The van der Waals surface area contributed by atoms with Crippen LogP contribution in [0.4, 0.5) is 0 Å². The minimum atomic E-state index is -0.574. The van der Waals surface area contributed by atoms with Gasteiger partial charge in [-0.3, -0.25) is 4.79 Å². The van der Waals surface area contributed by atoms with Gasteiger partial charge in [-0.15, -0.1) is 5.10 Å². The van der Waals surface area contributed by atoms with Gasteiger partial charge in [0, 0.05) is 19.2 Å². The number of piperidine rings is 1. The van der Waals surface area contributed by atoms with E-state index in [0.717, 1.165) is 12.8 Å². The first-order valence-electron chi connectivity index (χ1n) is 5.99. The molecular formula is C11H12N4O4. The average Bonchev–Trinajstić information content (AvgIpc) is 3.09. The molecule has 8 nitrogen and oxygen atoms in total. The number of carbonyl (C=O) groups excluding carboxylic acids is 1. The molecule has 0 saturated carbocycles. The van der Waals surface area contributed by atoms with Crippen molar-refractivity contribution in [2.75, 3.05) is 13.1 Å². The van der Waals surface area contributed by atoms with E-state index < -0.39 is 5.76 Å². The molecule has 1 aliphatic heterocycles. The number of carbonyl (C=O) groups is 1. The van der Waals surface area contributed by atoms with Gasteiger partial charge < -0.3 is 13.8 Å². The molecule has 19 heavy (non-hydrogen) atoms. The zero-order valence-electron chi connectivity index (χ0n) is 10.0. The molecule has 1 unspecified atom stereocenters. The summed E-state index contributed by atoms with van der Waals surface area (Å²) in [6.45, 7) is 1.11. The van der Waals surface area contributed by atoms with Crippen LogP contribution in [0.5, 0.6) is 0 Å². The third-order valence-corrected chi connectivity index (χ3v) is 3.17. The second kappa shape index (κ2) is 4.71. The molecule has 3 heterocycles. The minimum Gasteiger partial charge on any atom is -0.392 e. The highest BCUT2D eigenvalue weighted by atomic mass is 16.5. The van der Waals surface area contributed by atoms with E-state index >= 15 is 0 Å². The first kappa shape index (κ1) is 11.7. The van der Waals surface area contributed by atoms with Crippen LogP contribution in [0.15, 0.2) is 26.1 Å². The Balaban J connectivity index is 1.75. The molecule has 0 radical (unpaired) electrons. The van der Waals surface area contributed by atoms with Crippen molar-refractivity contribution in [3.8, 4) is 0 Å². The molecule has 0 bridgehead atoms. The van der Waals surface area contributed by atoms with Crippen molar-refractivity contribution in [3.05, 3.63) is 34.5 Å². The fourth-order valence-electron chi connectivity index (χ4n) is 2.26. The van der Waals surface area contributed by atoms with Gasteiger partial charge in [-0.1, -0.05) is 5.16 Å². The van der Waals surface area contributed by atoms with E-state index in [4.69, 9.17) is 4.42 Å². The molecule has 100 valence electrons. The fraction of sp³-hybridized carbons (Fsp3) is 0.455. The van der Waals surface area contributed by atoms with Gasteiger partial charge in [-0.05, 0) is 12.8 Å². The fourth-order valence-corrected chi connectivity index (χ4v) is 2.26. The van der Waals surface area contributed by atoms with Crippen molar-refractivity contribution in [1.29, 1.82) is 0 Å². The highest BCUT2D eigenvalue weighted by molar-refractivity contribution is 5.92. The predicted molar refractivity (Wildman–Crippen MR) is 61.5 cm³/mol. The monoisotopic (exact) mass is 264 g/mol. The highest BCUT2D eigenvalue weighted by Gasteiger charge is 2.29. The Hall–Kier alpha value is -2.38. The number of nitrogens with one attached hydrogen (secondary N) is 1. The molecule has 1 aliphatic rings. The Kier molecular flexibility index (Phi) is 2.90. The summed E-state index contributed by atoms with van der Waals surface area (Å²) in [4.78, 5) is 24.7. The molecule has 1 N–H and O–H groups in total. The van der Waals surface area contributed by atoms with Crippen LogP contribution >= 0.6 is 0 Å². The maximum Gasteiger partial charge on any atom is 0.434 e. The molecular weight excluding hydrogens is 252 g/mol. The lowest BCUT2D eigenvalue weighted by atomic mass is 9.98. The smallest absolute Gasteiger partial charge is 0.392 e. The standard InChI is InChI=1S/C11H12N4O4/c16-10(8-3-5-18-14-8)15-4-1-2-7(6-15)9-12-13-11(17)19-9/h3,5,7H,1-2,4,6H2,(H,13,17). The van der Waals surface area contributed by atoms with E-state index in [0.29, 0.717) is 19.0 Å². The number of hydrogen-bond acceptors (Lipinski definition) is 6. The van der Waals surface area contributed by atoms with Crippen LogP contribution in [0.3, 0.4) is 0 Å². The number of aromatic nitrogens is 3. The molecule has 2 aromatic heterocycles. The van der Waals surface area contributed by atoms with E-state index in [1.165, 1.54) is 12.3 Å². The number of nitrogens with zero attached hydrogens (tertiary/aromatic N) is 3. The number of aromatic amines is 1. The first-order valence-corrected chi connectivity index (χ1v) is 5.99. The maximum atomic E-state index is 12.1. The lowest BCUT2D eigenvalue weighted by Gasteiger charge is -2.30. The average molecular weight is 264 g/mol. The SMILES string of the molecule is O=C(c1ccon1)N1CCCC(c2n[nH]c(=O)o2)C1. The van der Waals surface area contributed by atoms with Crippen LogP contribution in [0.25, 0.3) is 0 Å². The topological polar surface area (TPSA) is 105 Å². The summed E-state index contributed by atoms with van der Waals surface area (Å²) in [5, 5.41) is 9.69. The number of hydrogen-bond donors (Lipinski definition) is 1. The third-order valence-electron chi connectivity index (χ3n) is 3.17. The largest absolute Gasteiger partial charge is 0.434 e. The number of rotatable bonds is 2. The van der Waals surface area contributed by atoms with Gasteiger partial charge in [0.25, 0.3) is 5.91 Å². The Morgan fingerprint density at radius 2 is 2.42 bits per heavy atom. The summed E-state index contributed by atoms with van der Waals surface area (Å²) >= 11 is 0. The van der Waals surface area contributed by atoms with Crippen LogP contribution in [-0.4, -0.2) is 39.3 Å². The summed E-state index contributed by atoms with van der Waals surface area (Å²) in [5.74, 6) is -0.475. The van der Waals surface area contributed by atoms with Crippen LogP contribution in [0.1, 0.15) is 35.1 Å². The summed E-state index contributed by atoms with van der Waals surface area (Å²) in [7, 11) is 0. The van der Waals surface area contributed by atoms with Gasteiger partial charge in [0.2, 0.25) is 5.89 Å². The highest BCUT2D eigenvalue weighted by Crippen LogP contribution is 2.25. The van der Waals surface area contributed by atoms with Crippen molar-refractivity contribution in [2.24, 2.45) is 0 Å². The summed E-state index contributed by atoms with van der Waals surface area (Å²) in [5.41, 5.74) is 0.282. The van der Waals surface area contributed by atoms with Crippen LogP contribution in [-0.2, 0) is 0 Å². The Labute approximate surface area is 107 Å². The van der Waals surface area contributed by atoms with E-state index in [-0.39, 0.29) is 17.5 Å². The van der Waals surface area contributed by atoms with Crippen molar-refractivity contribution >= 4 is 5.91 Å². The van der Waals surface area contributed by atoms with Crippen LogP contribution in [0.2, 0.25) is 0 Å². The Morgan fingerprint density at radius 1 is 1.53 bits per heavy atom. The molecule has 0 aromatic carbocycles. The second-order valence-electron chi connectivity index (χ2n) is 4.43. The van der Waals surface area contributed by atoms with Crippen molar-refractivity contribution in [1.82, 2.24) is 20.3 Å². The molecule has 2 aromatic rings. The van der Waals surface area contributed by atoms with Crippen molar-refractivity contribution < 1.29 is 13.7 Å². The number of likely N-dealkylation sites (tertiary alicyclic amines) is 1. The lowest BCUT2D eigenvalue weighted by Crippen LogP contribution is -2.39. The van der Waals surface area contributed by atoms with Gasteiger partial charge in [-0.25, -0.2) is 9.89 Å². The van der Waals surface area contributed by atoms with Crippen LogP contribution < -0.4 is 5.76 Å². The minimum absolute atomic E-state index is 0.0662. The van der Waals surface area contributed by atoms with E-state index in [1.54, 1.807) is 4.90 Å². The molecule has 0 aliphatic carbocycles.